The lowest BCUT2D eigenvalue weighted by Crippen LogP contribution is -2.13. The molecule has 0 amide bonds. The van der Waals surface area contributed by atoms with Crippen LogP contribution in [0, 0.1) is 10.6 Å². The number of rotatable bonds is 4. The molecule has 2 rings (SSSR count). The topological polar surface area (TPSA) is 87.1 Å². The zero-order valence-electron chi connectivity index (χ0n) is 11.0. The number of sulfonamides is 1. The van der Waals surface area contributed by atoms with E-state index in [9.17, 15) is 17.0 Å². The van der Waals surface area contributed by atoms with E-state index in [2.05, 4.69) is 4.72 Å². The van der Waals surface area contributed by atoms with Crippen molar-refractivity contribution in [3.05, 3.63) is 54.3 Å². The van der Waals surface area contributed by atoms with Crippen LogP contribution in [0.2, 0.25) is 0 Å². The number of anilines is 1. The van der Waals surface area contributed by atoms with Crippen molar-refractivity contribution >= 4 is 25.4 Å². The van der Waals surface area contributed by atoms with Gasteiger partial charge in [0, 0.05) is 11.2 Å². The van der Waals surface area contributed by atoms with Crippen molar-refractivity contribution in [3.63, 3.8) is 0 Å². The SMILES string of the molecule is CS(=N)(=O)c1ccc(S(=O)(=O)Nc2cccc(F)c2)cc1. The van der Waals surface area contributed by atoms with Gasteiger partial charge in [0.15, 0.2) is 0 Å². The Morgan fingerprint density at radius 3 is 2.10 bits per heavy atom. The molecular weight excluding hydrogens is 315 g/mol. The van der Waals surface area contributed by atoms with Gasteiger partial charge < -0.3 is 0 Å². The van der Waals surface area contributed by atoms with E-state index in [1.807, 2.05) is 0 Å². The summed E-state index contributed by atoms with van der Waals surface area (Å²) in [4.78, 5) is 0.186. The second kappa shape index (κ2) is 5.45. The maximum atomic E-state index is 13.0. The van der Waals surface area contributed by atoms with Crippen LogP contribution in [0.15, 0.2) is 58.3 Å². The Bertz CT molecular complexity index is 861. The molecule has 1 atom stereocenters. The monoisotopic (exact) mass is 328 g/mol. The molecule has 0 fully saturated rings. The predicted octanol–water partition coefficient (Wildman–Crippen LogP) is 2.66. The van der Waals surface area contributed by atoms with E-state index in [1.165, 1.54) is 48.7 Å². The van der Waals surface area contributed by atoms with Crippen LogP contribution in [0.1, 0.15) is 0 Å². The molecule has 0 aliphatic carbocycles. The lowest BCUT2D eigenvalue weighted by Gasteiger charge is -2.09. The fourth-order valence-electron chi connectivity index (χ4n) is 1.64. The third kappa shape index (κ3) is 3.79. The van der Waals surface area contributed by atoms with Gasteiger partial charge in [-0.25, -0.2) is 21.8 Å². The van der Waals surface area contributed by atoms with Crippen molar-refractivity contribution in [2.75, 3.05) is 11.0 Å². The fraction of sp³-hybridized carbons (Fsp3) is 0.0769. The Hall–Kier alpha value is -1.93. The maximum Gasteiger partial charge on any atom is 0.261 e. The summed E-state index contributed by atoms with van der Waals surface area (Å²) < 4.78 is 58.5. The first-order chi connectivity index (χ1) is 9.68. The number of benzene rings is 2. The average Bonchev–Trinajstić information content (AvgIpc) is 2.37. The van der Waals surface area contributed by atoms with Gasteiger partial charge in [-0.3, -0.25) is 4.72 Å². The Morgan fingerprint density at radius 2 is 1.57 bits per heavy atom. The summed E-state index contributed by atoms with van der Waals surface area (Å²) in [5.74, 6) is -0.550. The second-order valence-electron chi connectivity index (χ2n) is 4.43. The van der Waals surface area contributed by atoms with Crippen LogP contribution >= 0.6 is 0 Å². The van der Waals surface area contributed by atoms with Crippen LogP contribution in [-0.2, 0) is 19.8 Å². The highest BCUT2D eigenvalue weighted by atomic mass is 32.2. The van der Waals surface area contributed by atoms with Crippen LogP contribution in [0.5, 0.6) is 0 Å². The summed E-state index contributed by atoms with van der Waals surface area (Å²) in [6, 6.07) is 10.3. The van der Waals surface area contributed by atoms with E-state index >= 15 is 0 Å². The molecule has 0 saturated heterocycles. The molecule has 0 aromatic heterocycles. The molecule has 5 nitrogen and oxygen atoms in total. The van der Waals surface area contributed by atoms with Crippen molar-refractivity contribution in [3.8, 4) is 0 Å². The molecule has 0 heterocycles. The standard InChI is InChI=1S/C13H13FN2O3S2/c1-20(15,17)12-5-7-13(8-6-12)21(18,19)16-11-4-2-3-10(14)9-11/h2-9,15-16H,1H3. The zero-order valence-corrected chi connectivity index (χ0v) is 12.7. The van der Waals surface area contributed by atoms with Crippen molar-refractivity contribution in [2.45, 2.75) is 9.79 Å². The molecule has 21 heavy (non-hydrogen) atoms. The Kier molecular flexibility index (Phi) is 4.02. The Morgan fingerprint density at radius 1 is 1.00 bits per heavy atom. The van der Waals surface area contributed by atoms with Crippen LogP contribution in [-0.4, -0.2) is 18.9 Å². The van der Waals surface area contributed by atoms with Gasteiger partial charge in [0.2, 0.25) is 0 Å². The number of nitrogens with one attached hydrogen (secondary N) is 2. The van der Waals surface area contributed by atoms with Gasteiger partial charge in [-0.1, -0.05) is 6.07 Å². The largest absolute Gasteiger partial charge is 0.280 e. The first kappa shape index (κ1) is 15.5. The van der Waals surface area contributed by atoms with Crippen LogP contribution < -0.4 is 4.72 Å². The first-order valence-electron chi connectivity index (χ1n) is 5.81. The van der Waals surface area contributed by atoms with Gasteiger partial charge >= 0.3 is 0 Å². The molecular formula is C13H13FN2O3S2. The third-order valence-electron chi connectivity index (χ3n) is 2.66. The second-order valence-corrected chi connectivity index (χ2v) is 8.27. The molecule has 8 heteroatoms. The van der Waals surface area contributed by atoms with Gasteiger partial charge in [-0.2, -0.15) is 0 Å². The minimum absolute atomic E-state index is 0.0563. The summed E-state index contributed by atoms with van der Waals surface area (Å²) in [6.45, 7) is 0. The highest BCUT2D eigenvalue weighted by Crippen LogP contribution is 2.19. The van der Waals surface area contributed by atoms with Gasteiger partial charge in [-0.15, -0.1) is 0 Å². The summed E-state index contributed by atoms with van der Waals surface area (Å²) in [6.07, 6.45) is 1.25. The molecule has 0 radical (unpaired) electrons. The Balaban J connectivity index is 2.32. The van der Waals surface area contributed by atoms with E-state index in [-0.39, 0.29) is 15.5 Å². The van der Waals surface area contributed by atoms with Gasteiger partial charge in [0.1, 0.15) is 5.82 Å². The van der Waals surface area contributed by atoms with E-state index in [0.717, 1.165) is 6.07 Å². The van der Waals surface area contributed by atoms with Gasteiger partial charge in [0.25, 0.3) is 10.0 Å². The molecule has 0 spiro atoms. The minimum Gasteiger partial charge on any atom is -0.280 e. The highest BCUT2D eigenvalue weighted by molar-refractivity contribution is 7.93. The van der Waals surface area contributed by atoms with Crippen LogP contribution in [0.25, 0.3) is 0 Å². The molecule has 2 aromatic rings. The van der Waals surface area contributed by atoms with E-state index in [4.69, 9.17) is 4.78 Å². The molecule has 2 aromatic carbocycles. The van der Waals surface area contributed by atoms with E-state index < -0.39 is 25.6 Å². The minimum atomic E-state index is -3.86. The molecule has 0 saturated carbocycles. The van der Waals surface area contributed by atoms with Crippen molar-refractivity contribution in [1.29, 1.82) is 4.78 Å². The van der Waals surface area contributed by atoms with Crippen LogP contribution in [0.4, 0.5) is 10.1 Å². The van der Waals surface area contributed by atoms with Gasteiger partial charge in [0.05, 0.1) is 20.3 Å². The van der Waals surface area contributed by atoms with Crippen molar-refractivity contribution in [2.24, 2.45) is 0 Å². The lowest BCUT2D eigenvalue weighted by molar-refractivity contribution is 0.601. The fourth-order valence-corrected chi connectivity index (χ4v) is 3.35. The molecule has 0 aliphatic heterocycles. The lowest BCUT2D eigenvalue weighted by atomic mass is 10.3. The molecule has 1 unspecified atom stereocenters. The zero-order chi connectivity index (χ0) is 15.7. The summed E-state index contributed by atoms with van der Waals surface area (Å²) in [5.41, 5.74) is 0.110. The maximum absolute atomic E-state index is 13.0. The average molecular weight is 328 g/mol. The summed E-state index contributed by atoms with van der Waals surface area (Å²) in [7, 11) is -6.76. The first-order valence-corrected chi connectivity index (χ1v) is 9.26. The Labute approximate surface area is 122 Å². The van der Waals surface area contributed by atoms with Crippen molar-refractivity contribution in [1.82, 2.24) is 0 Å². The molecule has 2 N–H and O–H groups in total. The third-order valence-corrected chi connectivity index (χ3v) is 5.23. The molecule has 0 aliphatic rings. The normalized spacial score (nSPS) is 14.4. The number of hydrogen-bond donors (Lipinski definition) is 2. The summed E-state index contributed by atoms with van der Waals surface area (Å²) in [5, 5.41) is 0. The number of hydrogen-bond acceptors (Lipinski definition) is 4. The predicted molar refractivity (Wildman–Crippen MR) is 78.7 cm³/mol. The number of halogens is 1. The van der Waals surface area contributed by atoms with E-state index in [1.54, 1.807) is 0 Å². The smallest absolute Gasteiger partial charge is 0.261 e. The highest BCUT2D eigenvalue weighted by Gasteiger charge is 2.15. The quantitative estimate of drug-likeness (QED) is 0.904. The summed E-state index contributed by atoms with van der Waals surface area (Å²) >= 11 is 0. The van der Waals surface area contributed by atoms with Crippen LogP contribution in [0.3, 0.4) is 0 Å². The van der Waals surface area contributed by atoms with Gasteiger partial charge in [-0.05, 0) is 42.5 Å². The molecule has 112 valence electrons. The van der Waals surface area contributed by atoms with E-state index in [0.29, 0.717) is 0 Å². The molecule has 0 bridgehead atoms. The van der Waals surface area contributed by atoms with Crippen molar-refractivity contribution < 1.29 is 17.0 Å².